The molecule has 5 nitrogen and oxygen atoms in total. The molecule has 10 heteroatoms. The molecule has 0 bridgehead atoms. The maximum Gasteiger partial charge on any atom is 0.402 e. The summed E-state index contributed by atoms with van der Waals surface area (Å²) in [4.78, 5) is 0. The number of halogens is 4. The quantitative estimate of drug-likeness (QED) is 0.578. The molecule has 3 N–H and O–H groups in total. The Morgan fingerprint density at radius 1 is 1.28 bits per heavy atom. The summed E-state index contributed by atoms with van der Waals surface area (Å²) >= 11 is 0. The highest BCUT2D eigenvalue weighted by Crippen LogP contribution is 2.20. The number of rotatable bonds is 4. The van der Waals surface area contributed by atoms with E-state index in [2.05, 4.69) is 0 Å². The molecule has 0 aliphatic carbocycles. The summed E-state index contributed by atoms with van der Waals surface area (Å²) in [6, 6.07) is 2.46. The molecule has 1 aromatic carbocycles. The maximum absolute atomic E-state index is 13.1. The lowest BCUT2D eigenvalue weighted by Crippen LogP contribution is -2.37. The Morgan fingerprint density at radius 2 is 1.89 bits per heavy atom. The minimum atomic E-state index is -4.72. The van der Waals surface area contributed by atoms with Crippen LogP contribution >= 0.6 is 0 Å². The number of hydrogen-bond donors (Lipinski definition) is 3. The normalized spacial score (nSPS) is 12.4. The van der Waals surface area contributed by atoms with Crippen LogP contribution in [0, 0.1) is 5.82 Å². The number of nitrogens with one attached hydrogen (secondary N) is 2. The Kier molecular flexibility index (Phi) is 4.02. The van der Waals surface area contributed by atoms with Gasteiger partial charge in [0.15, 0.2) is 5.82 Å². The van der Waals surface area contributed by atoms with Gasteiger partial charge in [0.05, 0.1) is 5.69 Å². The molecule has 0 saturated carbocycles. The molecule has 0 unspecified atom stereocenters. The van der Waals surface area contributed by atoms with Crippen molar-refractivity contribution in [3.8, 4) is 5.75 Å². The minimum Gasteiger partial charge on any atom is -0.508 e. The third-order valence-corrected chi connectivity index (χ3v) is 2.67. The highest BCUT2D eigenvalue weighted by molar-refractivity contribution is 7.90. The summed E-state index contributed by atoms with van der Waals surface area (Å²) in [5, 5.41) is 8.86. The molecule has 0 spiro atoms. The third-order valence-electron chi connectivity index (χ3n) is 1.66. The van der Waals surface area contributed by atoms with Crippen molar-refractivity contribution in [2.75, 3.05) is 11.3 Å². The number of benzene rings is 1. The summed E-state index contributed by atoms with van der Waals surface area (Å²) in [6.45, 7) is -1.78. The van der Waals surface area contributed by atoms with Gasteiger partial charge in [-0.25, -0.2) is 4.39 Å². The van der Waals surface area contributed by atoms with Gasteiger partial charge in [-0.3, -0.25) is 4.72 Å². The monoisotopic (exact) mass is 288 g/mol. The molecule has 102 valence electrons. The van der Waals surface area contributed by atoms with Gasteiger partial charge in [0.2, 0.25) is 0 Å². The van der Waals surface area contributed by atoms with E-state index in [1.54, 1.807) is 4.72 Å². The summed E-state index contributed by atoms with van der Waals surface area (Å²) in [5.41, 5.74) is -0.581. The van der Waals surface area contributed by atoms with Crippen LogP contribution in [-0.4, -0.2) is 26.2 Å². The Balaban J connectivity index is 2.77. The van der Waals surface area contributed by atoms with Gasteiger partial charge in [-0.2, -0.15) is 26.3 Å². The first-order chi connectivity index (χ1) is 8.09. The number of alkyl halides is 3. The van der Waals surface area contributed by atoms with E-state index in [9.17, 15) is 26.0 Å². The van der Waals surface area contributed by atoms with E-state index < -0.39 is 40.2 Å². The smallest absolute Gasteiger partial charge is 0.402 e. The average Bonchev–Trinajstić information content (AvgIpc) is 2.19. The van der Waals surface area contributed by atoms with Crippen molar-refractivity contribution in [1.82, 2.24) is 4.72 Å². The molecule has 0 amide bonds. The average molecular weight is 288 g/mol. The molecule has 0 radical (unpaired) electrons. The third kappa shape index (κ3) is 4.75. The molecule has 0 aromatic heterocycles. The second kappa shape index (κ2) is 4.98. The molecular weight excluding hydrogens is 280 g/mol. The number of phenols is 1. The Hall–Kier alpha value is -1.55. The van der Waals surface area contributed by atoms with Crippen LogP contribution < -0.4 is 9.44 Å². The molecule has 1 aromatic rings. The molecular formula is C8H8F4N2O3S. The fourth-order valence-corrected chi connectivity index (χ4v) is 1.83. The van der Waals surface area contributed by atoms with Crippen molar-refractivity contribution < 1.29 is 31.1 Å². The number of aromatic hydroxyl groups is 1. The van der Waals surface area contributed by atoms with E-state index in [0.29, 0.717) is 6.07 Å². The molecule has 0 fully saturated rings. The van der Waals surface area contributed by atoms with Gasteiger partial charge in [-0.1, -0.05) is 0 Å². The van der Waals surface area contributed by atoms with Crippen LogP contribution in [0.1, 0.15) is 0 Å². The minimum absolute atomic E-state index is 0.446. The van der Waals surface area contributed by atoms with Crippen LogP contribution in [0.15, 0.2) is 18.2 Å². The summed E-state index contributed by atoms with van der Waals surface area (Å²) < 4.78 is 73.5. The molecule has 0 heterocycles. The van der Waals surface area contributed by atoms with Crippen molar-refractivity contribution in [3.63, 3.8) is 0 Å². The van der Waals surface area contributed by atoms with Gasteiger partial charge in [0.1, 0.15) is 12.3 Å². The van der Waals surface area contributed by atoms with Gasteiger partial charge in [-0.15, -0.1) is 0 Å². The van der Waals surface area contributed by atoms with Crippen molar-refractivity contribution >= 4 is 15.9 Å². The lowest BCUT2D eigenvalue weighted by molar-refractivity contribution is -0.121. The Morgan fingerprint density at radius 3 is 2.39 bits per heavy atom. The number of hydrogen-bond acceptors (Lipinski definition) is 3. The number of anilines is 1. The van der Waals surface area contributed by atoms with Gasteiger partial charge >= 0.3 is 6.18 Å². The lowest BCUT2D eigenvalue weighted by Gasteiger charge is -2.11. The zero-order valence-corrected chi connectivity index (χ0v) is 9.44. The predicted octanol–water partition coefficient (Wildman–Crippen LogP) is 1.34. The summed E-state index contributed by atoms with van der Waals surface area (Å²) in [6.07, 6.45) is -4.72. The van der Waals surface area contributed by atoms with E-state index >= 15 is 0 Å². The van der Waals surface area contributed by atoms with E-state index in [-0.39, 0.29) is 0 Å². The SMILES string of the molecule is O=S(=O)(NCC(F)(F)F)Nc1ccc(O)cc1F. The van der Waals surface area contributed by atoms with Crippen molar-refractivity contribution in [1.29, 1.82) is 0 Å². The molecule has 18 heavy (non-hydrogen) atoms. The summed E-state index contributed by atoms with van der Waals surface area (Å²) in [7, 11) is -4.54. The Labute approximate surface area is 99.6 Å². The van der Waals surface area contributed by atoms with E-state index in [1.807, 2.05) is 0 Å². The fraction of sp³-hybridized carbons (Fsp3) is 0.250. The molecule has 0 aliphatic heterocycles. The predicted molar refractivity (Wildman–Crippen MR) is 54.7 cm³/mol. The van der Waals surface area contributed by atoms with Crippen LogP contribution in [0.3, 0.4) is 0 Å². The molecule has 0 aliphatic rings. The fourth-order valence-electron chi connectivity index (χ4n) is 0.944. The zero-order chi connectivity index (χ0) is 14.0. The first-order valence-corrected chi connectivity index (χ1v) is 5.90. The maximum atomic E-state index is 13.1. The first-order valence-electron chi connectivity index (χ1n) is 4.42. The standard InChI is InChI=1S/C8H8F4N2O3S/c9-6-3-5(15)1-2-7(6)14-18(16,17)13-4-8(10,11)12/h1-3,13-15H,4H2. The van der Waals surface area contributed by atoms with Crippen molar-refractivity contribution in [3.05, 3.63) is 24.0 Å². The first kappa shape index (κ1) is 14.5. The van der Waals surface area contributed by atoms with Crippen LogP contribution in [0.5, 0.6) is 5.75 Å². The lowest BCUT2D eigenvalue weighted by atomic mass is 10.3. The van der Waals surface area contributed by atoms with Gasteiger partial charge in [0.25, 0.3) is 10.2 Å². The van der Waals surface area contributed by atoms with Crippen LogP contribution in [0.25, 0.3) is 0 Å². The second-order valence-electron chi connectivity index (χ2n) is 3.21. The largest absolute Gasteiger partial charge is 0.508 e. The van der Waals surface area contributed by atoms with Gasteiger partial charge in [0, 0.05) is 6.07 Å². The highest BCUT2D eigenvalue weighted by atomic mass is 32.2. The second-order valence-corrected chi connectivity index (χ2v) is 4.71. The number of phenolic OH excluding ortho intramolecular Hbond substituents is 1. The van der Waals surface area contributed by atoms with E-state index in [1.165, 1.54) is 4.72 Å². The summed E-state index contributed by atoms with van der Waals surface area (Å²) in [5.74, 6) is -1.56. The van der Waals surface area contributed by atoms with Gasteiger partial charge < -0.3 is 5.11 Å². The molecule has 1 rings (SSSR count). The zero-order valence-electron chi connectivity index (χ0n) is 8.62. The van der Waals surface area contributed by atoms with Crippen LogP contribution in [-0.2, 0) is 10.2 Å². The topological polar surface area (TPSA) is 78.4 Å². The van der Waals surface area contributed by atoms with Gasteiger partial charge in [-0.05, 0) is 12.1 Å². The molecule has 0 atom stereocenters. The van der Waals surface area contributed by atoms with E-state index in [4.69, 9.17) is 5.11 Å². The van der Waals surface area contributed by atoms with Crippen molar-refractivity contribution in [2.24, 2.45) is 0 Å². The van der Waals surface area contributed by atoms with Crippen molar-refractivity contribution in [2.45, 2.75) is 6.18 Å². The Bertz CT molecular complexity index is 530. The highest BCUT2D eigenvalue weighted by Gasteiger charge is 2.29. The van der Waals surface area contributed by atoms with Crippen LogP contribution in [0.4, 0.5) is 23.2 Å². The van der Waals surface area contributed by atoms with Crippen LogP contribution in [0.2, 0.25) is 0 Å². The molecule has 0 saturated heterocycles. The van der Waals surface area contributed by atoms with E-state index in [0.717, 1.165) is 12.1 Å².